The van der Waals surface area contributed by atoms with Crippen LogP contribution < -0.4 is 5.32 Å². The Balaban J connectivity index is 1.74. The molecule has 0 spiro atoms. The lowest BCUT2D eigenvalue weighted by Crippen LogP contribution is -2.44. The van der Waals surface area contributed by atoms with Gasteiger partial charge in [0.25, 0.3) is 0 Å². The number of hydrogen-bond donors (Lipinski definition) is 2. The SMILES string of the molecule is CC(C)C1(CNC(=O)N(C)CC2CCCCC2O)CC1. The Kier molecular flexibility index (Phi) is 4.95. The minimum atomic E-state index is -0.232. The molecule has 0 heterocycles. The fourth-order valence-corrected chi connectivity index (χ4v) is 3.34. The average Bonchev–Trinajstić information content (AvgIpc) is 3.20. The van der Waals surface area contributed by atoms with Crippen LogP contribution in [0.4, 0.5) is 4.79 Å². The second-order valence-corrected chi connectivity index (χ2v) is 7.17. The third kappa shape index (κ3) is 3.66. The second kappa shape index (κ2) is 6.33. The van der Waals surface area contributed by atoms with E-state index in [9.17, 15) is 9.90 Å². The van der Waals surface area contributed by atoms with Crippen molar-refractivity contribution in [3.05, 3.63) is 0 Å². The van der Waals surface area contributed by atoms with Crippen molar-refractivity contribution in [2.24, 2.45) is 17.3 Å². The summed E-state index contributed by atoms with van der Waals surface area (Å²) in [5, 5.41) is 13.1. The van der Waals surface area contributed by atoms with Crippen LogP contribution in [0.25, 0.3) is 0 Å². The summed E-state index contributed by atoms with van der Waals surface area (Å²) in [5.74, 6) is 0.882. The zero-order valence-corrected chi connectivity index (χ0v) is 13.2. The molecule has 0 radical (unpaired) electrons. The predicted octanol–water partition coefficient (Wildman–Crippen LogP) is 2.62. The van der Waals surface area contributed by atoms with Gasteiger partial charge in [0.2, 0.25) is 0 Å². The minimum Gasteiger partial charge on any atom is -0.393 e. The van der Waals surface area contributed by atoms with Crippen molar-refractivity contribution in [2.75, 3.05) is 20.1 Å². The molecular weight excluding hydrogens is 252 g/mol. The van der Waals surface area contributed by atoms with Crippen molar-refractivity contribution in [1.29, 1.82) is 0 Å². The lowest BCUT2D eigenvalue weighted by Gasteiger charge is -2.31. The fraction of sp³-hybridized carbons (Fsp3) is 0.938. The first-order chi connectivity index (χ1) is 9.44. The molecule has 4 heteroatoms. The number of aliphatic hydroxyl groups is 1. The van der Waals surface area contributed by atoms with E-state index in [2.05, 4.69) is 19.2 Å². The quantitative estimate of drug-likeness (QED) is 0.814. The second-order valence-electron chi connectivity index (χ2n) is 7.17. The van der Waals surface area contributed by atoms with E-state index in [4.69, 9.17) is 0 Å². The molecule has 2 N–H and O–H groups in total. The molecule has 2 unspecified atom stereocenters. The highest BCUT2D eigenvalue weighted by Crippen LogP contribution is 2.51. The number of urea groups is 1. The highest BCUT2D eigenvalue weighted by molar-refractivity contribution is 5.73. The molecule has 0 aromatic heterocycles. The maximum absolute atomic E-state index is 12.2. The van der Waals surface area contributed by atoms with Gasteiger partial charge in [-0.05, 0) is 37.0 Å². The normalized spacial score (nSPS) is 28.2. The topological polar surface area (TPSA) is 52.6 Å². The van der Waals surface area contributed by atoms with Gasteiger partial charge in [0, 0.05) is 26.1 Å². The van der Waals surface area contributed by atoms with E-state index in [1.54, 1.807) is 4.90 Å². The Morgan fingerprint density at radius 1 is 1.35 bits per heavy atom. The summed E-state index contributed by atoms with van der Waals surface area (Å²) >= 11 is 0. The first-order valence-electron chi connectivity index (χ1n) is 8.12. The first kappa shape index (κ1) is 15.6. The summed E-state index contributed by atoms with van der Waals surface area (Å²) in [6.45, 7) is 5.94. The van der Waals surface area contributed by atoms with Crippen molar-refractivity contribution in [3.8, 4) is 0 Å². The van der Waals surface area contributed by atoms with Crippen LogP contribution in [0.3, 0.4) is 0 Å². The molecular formula is C16H30N2O2. The van der Waals surface area contributed by atoms with Gasteiger partial charge in [-0.3, -0.25) is 0 Å². The van der Waals surface area contributed by atoms with Crippen LogP contribution in [-0.2, 0) is 0 Å². The van der Waals surface area contributed by atoms with Crippen LogP contribution in [-0.4, -0.2) is 42.3 Å². The summed E-state index contributed by atoms with van der Waals surface area (Å²) in [5.41, 5.74) is 0.348. The predicted molar refractivity (Wildman–Crippen MR) is 80.5 cm³/mol. The molecule has 2 fully saturated rings. The summed E-state index contributed by atoms with van der Waals surface area (Å²) in [7, 11) is 1.84. The van der Waals surface area contributed by atoms with Gasteiger partial charge in [0.1, 0.15) is 0 Å². The Bertz CT molecular complexity index is 339. The third-order valence-electron chi connectivity index (χ3n) is 5.43. The van der Waals surface area contributed by atoms with Gasteiger partial charge in [-0.2, -0.15) is 0 Å². The number of carbonyl (C=O) groups is 1. The van der Waals surface area contributed by atoms with Crippen molar-refractivity contribution < 1.29 is 9.90 Å². The summed E-state index contributed by atoms with van der Waals surface area (Å²) in [6, 6.07) is 0.00898. The van der Waals surface area contributed by atoms with Gasteiger partial charge < -0.3 is 15.3 Å². The maximum atomic E-state index is 12.2. The Morgan fingerprint density at radius 2 is 2.00 bits per heavy atom. The van der Waals surface area contributed by atoms with Gasteiger partial charge in [-0.1, -0.05) is 26.7 Å². The first-order valence-corrected chi connectivity index (χ1v) is 8.12. The number of carbonyl (C=O) groups excluding carboxylic acids is 1. The summed E-state index contributed by atoms with van der Waals surface area (Å²) < 4.78 is 0. The maximum Gasteiger partial charge on any atom is 0.317 e. The fourth-order valence-electron chi connectivity index (χ4n) is 3.34. The third-order valence-corrected chi connectivity index (χ3v) is 5.43. The van der Waals surface area contributed by atoms with Crippen molar-refractivity contribution in [2.45, 2.75) is 58.5 Å². The molecule has 2 saturated carbocycles. The van der Waals surface area contributed by atoms with Crippen LogP contribution in [0.5, 0.6) is 0 Å². The number of amides is 2. The lowest BCUT2D eigenvalue weighted by molar-refractivity contribution is 0.0563. The standard InChI is InChI=1S/C16H30N2O2/c1-12(2)16(8-9-16)11-17-15(20)18(3)10-13-6-4-5-7-14(13)19/h12-14,19H,4-11H2,1-3H3,(H,17,20). The number of hydrogen-bond acceptors (Lipinski definition) is 2. The van der Waals surface area contributed by atoms with Gasteiger partial charge in [-0.25, -0.2) is 4.79 Å². The summed E-state index contributed by atoms with van der Waals surface area (Å²) in [4.78, 5) is 13.9. The molecule has 20 heavy (non-hydrogen) atoms. The molecule has 4 nitrogen and oxygen atoms in total. The zero-order valence-electron chi connectivity index (χ0n) is 13.2. The lowest BCUT2D eigenvalue weighted by atomic mass is 9.86. The molecule has 2 aliphatic carbocycles. The van der Waals surface area contributed by atoms with Crippen LogP contribution >= 0.6 is 0 Å². The molecule has 2 atom stereocenters. The molecule has 2 rings (SSSR count). The van der Waals surface area contributed by atoms with Gasteiger partial charge in [0.05, 0.1) is 6.10 Å². The van der Waals surface area contributed by atoms with Crippen LogP contribution in [0, 0.1) is 17.3 Å². The highest BCUT2D eigenvalue weighted by Gasteiger charge is 2.45. The van der Waals surface area contributed by atoms with E-state index < -0.39 is 0 Å². The van der Waals surface area contributed by atoms with Gasteiger partial charge in [-0.15, -0.1) is 0 Å². The van der Waals surface area contributed by atoms with Crippen molar-refractivity contribution >= 4 is 6.03 Å². The molecule has 0 saturated heterocycles. The van der Waals surface area contributed by atoms with E-state index in [-0.39, 0.29) is 18.1 Å². The number of nitrogens with zero attached hydrogens (tertiary/aromatic N) is 1. The van der Waals surface area contributed by atoms with Crippen LogP contribution in [0.2, 0.25) is 0 Å². The van der Waals surface area contributed by atoms with Gasteiger partial charge in [0.15, 0.2) is 0 Å². The van der Waals surface area contributed by atoms with E-state index >= 15 is 0 Å². The van der Waals surface area contributed by atoms with Gasteiger partial charge >= 0.3 is 6.03 Å². The van der Waals surface area contributed by atoms with E-state index in [1.807, 2.05) is 7.05 Å². The number of aliphatic hydroxyl groups excluding tert-OH is 1. The molecule has 2 aliphatic rings. The number of rotatable bonds is 5. The zero-order chi connectivity index (χ0) is 14.8. The number of nitrogens with one attached hydrogen (secondary N) is 1. The Morgan fingerprint density at radius 3 is 2.55 bits per heavy atom. The highest BCUT2D eigenvalue weighted by atomic mass is 16.3. The van der Waals surface area contributed by atoms with E-state index in [0.29, 0.717) is 17.9 Å². The average molecular weight is 282 g/mol. The van der Waals surface area contributed by atoms with Crippen molar-refractivity contribution in [3.63, 3.8) is 0 Å². The Labute approximate surface area is 122 Å². The molecule has 0 aromatic rings. The smallest absolute Gasteiger partial charge is 0.317 e. The van der Waals surface area contributed by atoms with E-state index in [1.165, 1.54) is 19.3 Å². The van der Waals surface area contributed by atoms with Crippen LogP contribution in [0.15, 0.2) is 0 Å². The molecule has 0 aliphatic heterocycles. The summed E-state index contributed by atoms with van der Waals surface area (Å²) in [6.07, 6.45) is 6.44. The molecule has 0 bridgehead atoms. The Hall–Kier alpha value is -0.770. The monoisotopic (exact) mass is 282 g/mol. The van der Waals surface area contributed by atoms with Crippen LogP contribution in [0.1, 0.15) is 52.4 Å². The minimum absolute atomic E-state index is 0.00898. The van der Waals surface area contributed by atoms with E-state index in [0.717, 1.165) is 25.8 Å². The molecule has 2 amide bonds. The van der Waals surface area contributed by atoms with Crippen molar-refractivity contribution in [1.82, 2.24) is 10.2 Å². The largest absolute Gasteiger partial charge is 0.393 e. The molecule has 116 valence electrons. The molecule has 0 aromatic carbocycles.